The number of hydrogen-bond acceptors (Lipinski definition) is 0. The fourth-order valence-electron chi connectivity index (χ4n) is 0. The molecule has 6 heavy (non-hydrogen) atoms. The fourth-order valence-corrected chi connectivity index (χ4v) is 0. The van der Waals surface area contributed by atoms with Crippen LogP contribution in [0.15, 0.2) is 0 Å². The van der Waals surface area contributed by atoms with Crippen molar-refractivity contribution in [1.29, 1.82) is 0 Å². The van der Waals surface area contributed by atoms with Crippen molar-refractivity contribution < 1.29 is 123 Å². The SMILES string of the molecule is [F-].[F-].[F-].[La+3].[Nd].[Y]. The zero-order valence-electron chi connectivity index (χ0n) is 2.79. The first-order valence-corrected chi connectivity index (χ1v) is 0. The van der Waals surface area contributed by atoms with E-state index in [4.69, 9.17) is 0 Å². The molecule has 1 radical (unpaired) electrons. The largest absolute Gasteiger partial charge is 3.00 e. The van der Waals surface area contributed by atoms with E-state index in [0.29, 0.717) is 0 Å². The maximum Gasteiger partial charge on any atom is 3.00 e. The molecule has 0 heterocycles. The summed E-state index contributed by atoms with van der Waals surface area (Å²) in [5.74, 6) is 0. The number of rotatable bonds is 0. The van der Waals surface area contributed by atoms with Gasteiger partial charge in [0.05, 0.1) is 0 Å². The third kappa shape index (κ3) is 26.1. The molecule has 0 aliphatic rings. The van der Waals surface area contributed by atoms with Crippen LogP contribution in [-0.4, -0.2) is 0 Å². The van der Waals surface area contributed by atoms with Gasteiger partial charge in [-0.1, -0.05) is 0 Å². The molecule has 0 unspecified atom stereocenters. The summed E-state index contributed by atoms with van der Waals surface area (Å²) < 4.78 is 0. The molecule has 31 valence electrons. The molecule has 0 bridgehead atoms. The maximum absolute atomic E-state index is 0. The van der Waals surface area contributed by atoms with Crippen molar-refractivity contribution in [3.63, 3.8) is 0 Å². The van der Waals surface area contributed by atoms with Gasteiger partial charge in [-0.05, 0) is 0 Å². The molecule has 0 N–H and O–H groups in total. The molecule has 0 aromatic carbocycles. The van der Waals surface area contributed by atoms with Gasteiger partial charge in [0.1, 0.15) is 0 Å². The van der Waals surface area contributed by atoms with Crippen LogP contribution in [0, 0.1) is 76.4 Å². The Morgan fingerprint density at radius 3 is 0.667 bits per heavy atom. The van der Waals surface area contributed by atoms with Gasteiger partial charge in [0.15, 0.2) is 0 Å². The number of halogens is 3. The molecular weight excluding hydrogens is 429 g/mol. The summed E-state index contributed by atoms with van der Waals surface area (Å²) in [5, 5.41) is 0. The van der Waals surface area contributed by atoms with Gasteiger partial charge < -0.3 is 14.1 Å². The Balaban J connectivity index is 0. The quantitative estimate of drug-likeness (QED) is 0.359. The van der Waals surface area contributed by atoms with Crippen LogP contribution < -0.4 is 14.1 Å². The Kier molecular flexibility index (Phi) is 374. The van der Waals surface area contributed by atoms with Crippen LogP contribution in [0.5, 0.6) is 0 Å². The van der Waals surface area contributed by atoms with Gasteiger partial charge in [0, 0.05) is 73.5 Å². The van der Waals surface area contributed by atoms with Crippen LogP contribution in [0.4, 0.5) is 0 Å². The van der Waals surface area contributed by atoms with Crippen LogP contribution in [0.2, 0.25) is 0 Å². The third-order valence-electron chi connectivity index (χ3n) is 0. The van der Waals surface area contributed by atoms with Gasteiger partial charge in [-0.25, -0.2) is 0 Å². The first-order chi connectivity index (χ1) is 0. The Hall–Kier alpha value is 3.44. The normalized spacial score (nSPS) is 0. The Morgan fingerprint density at radius 2 is 0.667 bits per heavy atom. The molecule has 0 saturated carbocycles. The van der Waals surface area contributed by atoms with Crippen molar-refractivity contribution in [2.24, 2.45) is 0 Å². The minimum atomic E-state index is 0. The van der Waals surface area contributed by atoms with E-state index in [9.17, 15) is 0 Å². The van der Waals surface area contributed by atoms with E-state index in [1.165, 1.54) is 0 Å². The Bertz CT molecular complexity index is 10.8. The van der Waals surface area contributed by atoms with E-state index >= 15 is 0 Å². The summed E-state index contributed by atoms with van der Waals surface area (Å²) in [7, 11) is 0. The summed E-state index contributed by atoms with van der Waals surface area (Å²) in [6.07, 6.45) is 0. The molecule has 0 aromatic heterocycles. The average Bonchev–Trinajstić information content (AvgIpc) is 0. The van der Waals surface area contributed by atoms with Gasteiger partial charge in [-0.2, -0.15) is 0 Å². The molecular formula is F3LaNdY. The Labute approximate surface area is 120 Å². The van der Waals surface area contributed by atoms with Crippen LogP contribution in [-0.2, 0) is 32.7 Å². The zero-order valence-corrected chi connectivity index (χ0v) is 12.5. The summed E-state index contributed by atoms with van der Waals surface area (Å²) in [6, 6.07) is 0. The molecule has 0 atom stereocenters. The molecule has 0 fully saturated rings. The van der Waals surface area contributed by atoms with E-state index in [1.807, 2.05) is 0 Å². The predicted octanol–water partition coefficient (Wildman–Crippen LogP) is -8.99. The maximum atomic E-state index is 0. The number of hydrogen-bond donors (Lipinski definition) is 0. The summed E-state index contributed by atoms with van der Waals surface area (Å²) in [6.45, 7) is 0. The second-order valence-electron chi connectivity index (χ2n) is 0. The van der Waals surface area contributed by atoms with E-state index in [2.05, 4.69) is 0 Å². The second kappa shape index (κ2) is 39.5. The Morgan fingerprint density at radius 1 is 0.667 bits per heavy atom. The first-order valence-electron chi connectivity index (χ1n) is 0. The first kappa shape index (κ1) is 56.8. The monoisotopic (exact) mass is 427 g/mol. The zero-order chi connectivity index (χ0) is 0. The third-order valence-corrected chi connectivity index (χ3v) is 0. The van der Waals surface area contributed by atoms with Crippen molar-refractivity contribution in [3.05, 3.63) is 0 Å². The van der Waals surface area contributed by atoms with Gasteiger partial charge in [0.25, 0.3) is 0 Å². The van der Waals surface area contributed by atoms with Gasteiger partial charge in [-0.15, -0.1) is 0 Å². The molecule has 0 amide bonds. The van der Waals surface area contributed by atoms with Gasteiger partial charge in [0.2, 0.25) is 0 Å². The smallest absolute Gasteiger partial charge is 1.00 e. The fraction of sp³-hybridized carbons (Fsp3) is 0. The van der Waals surface area contributed by atoms with Crippen molar-refractivity contribution in [1.82, 2.24) is 0 Å². The van der Waals surface area contributed by atoms with Gasteiger partial charge >= 0.3 is 35.6 Å². The predicted molar refractivity (Wildman–Crippen MR) is 0 cm³/mol. The molecule has 0 rings (SSSR count). The van der Waals surface area contributed by atoms with E-state index in [1.54, 1.807) is 0 Å². The van der Waals surface area contributed by atoms with Crippen LogP contribution in [0.25, 0.3) is 0 Å². The second-order valence-corrected chi connectivity index (χ2v) is 0. The van der Waals surface area contributed by atoms with E-state index < -0.39 is 0 Å². The average molecular weight is 429 g/mol. The molecule has 0 saturated heterocycles. The molecule has 0 aromatic rings. The van der Waals surface area contributed by atoms with E-state index in [0.717, 1.165) is 0 Å². The minimum Gasteiger partial charge on any atom is -1.00 e. The standard InChI is InChI=1S/3FH.La.Nd.Y/h3*1H;;;/q;;;+3;;/p-3. The van der Waals surface area contributed by atoms with Crippen molar-refractivity contribution in [2.75, 3.05) is 0 Å². The van der Waals surface area contributed by atoms with Crippen molar-refractivity contribution in [2.45, 2.75) is 0 Å². The van der Waals surface area contributed by atoms with Crippen LogP contribution >= 0.6 is 0 Å². The summed E-state index contributed by atoms with van der Waals surface area (Å²) in [4.78, 5) is 0. The van der Waals surface area contributed by atoms with E-state index in [-0.39, 0.29) is 123 Å². The van der Waals surface area contributed by atoms with Crippen molar-refractivity contribution >= 4 is 0 Å². The summed E-state index contributed by atoms with van der Waals surface area (Å²) >= 11 is 0. The van der Waals surface area contributed by atoms with Crippen molar-refractivity contribution in [3.8, 4) is 0 Å². The molecule has 0 nitrogen and oxygen atoms in total. The van der Waals surface area contributed by atoms with Crippen LogP contribution in [0.3, 0.4) is 0 Å². The van der Waals surface area contributed by atoms with Crippen LogP contribution in [0.1, 0.15) is 0 Å². The molecule has 6 heteroatoms. The minimum absolute atomic E-state index is 0. The topological polar surface area (TPSA) is 0 Å². The molecule has 0 spiro atoms. The molecule has 0 aliphatic heterocycles. The summed E-state index contributed by atoms with van der Waals surface area (Å²) in [5.41, 5.74) is 0. The van der Waals surface area contributed by atoms with Gasteiger partial charge in [-0.3, -0.25) is 0 Å². The molecule has 0 aliphatic carbocycles.